The molecule has 1 saturated heterocycles. The van der Waals surface area contributed by atoms with E-state index < -0.39 is 11.8 Å². The fourth-order valence-corrected chi connectivity index (χ4v) is 3.65. The molecule has 0 N–H and O–H groups in total. The van der Waals surface area contributed by atoms with Gasteiger partial charge in [-0.1, -0.05) is 59.6 Å². The molecule has 144 valence electrons. The van der Waals surface area contributed by atoms with E-state index in [9.17, 15) is 9.59 Å². The molecule has 0 bridgehead atoms. The van der Waals surface area contributed by atoms with Crippen molar-refractivity contribution in [2.24, 2.45) is 0 Å². The molecule has 29 heavy (non-hydrogen) atoms. The number of halogens is 2. The van der Waals surface area contributed by atoms with Crippen molar-refractivity contribution in [1.29, 1.82) is 0 Å². The van der Waals surface area contributed by atoms with Crippen LogP contribution < -0.4 is 10.0 Å². The number of hydrazine groups is 1. The van der Waals surface area contributed by atoms with E-state index in [-0.39, 0.29) is 5.57 Å². The van der Waals surface area contributed by atoms with Crippen LogP contribution >= 0.6 is 23.2 Å². The van der Waals surface area contributed by atoms with Crippen LogP contribution in [0.15, 0.2) is 78.4 Å². The topological polar surface area (TPSA) is 40.6 Å². The molecule has 3 aromatic carbocycles. The van der Waals surface area contributed by atoms with Gasteiger partial charge in [-0.15, -0.1) is 0 Å². The SMILES string of the molecule is Cc1c(Cl)cc(C=C2C(=O)N(c3ccccc3)N(c3ccccc3)C2=O)cc1Cl. The minimum atomic E-state index is -0.419. The van der Waals surface area contributed by atoms with E-state index in [4.69, 9.17) is 23.2 Å². The van der Waals surface area contributed by atoms with E-state index in [2.05, 4.69) is 0 Å². The fraction of sp³-hybridized carbons (Fsp3) is 0.0435. The molecule has 0 unspecified atom stereocenters. The lowest BCUT2D eigenvalue weighted by molar-refractivity contribution is -0.116. The lowest BCUT2D eigenvalue weighted by atomic mass is 10.1. The second-order valence-electron chi connectivity index (χ2n) is 6.57. The Kier molecular flexibility index (Phi) is 5.14. The molecule has 0 atom stereocenters. The number of anilines is 2. The Balaban J connectivity index is 1.85. The van der Waals surface area contributed by atoms with Crippen molar-refractivity contribution in [2.45, 2.75) is 6.92 Å². The highest BCUT2D eigenvalue weighted by Crippen LogP contribution is 2.33. The third kappa shape index (κ3) is 3.53. The average molecular weight is 423 g/mol. The first kappa shape index (κ1) is 19.2. The molecule has 3 aromatic rings. The van der Waals surface area contributed by atoms with Gasteiger partial charge in [0.1, 0.15) is 5.57 Å². The lowest BCUT2D eigenvalue weighted by Crippen LogP contribution is -2.41. The van der Waals surface area contributed by atoms with Gasteiger partial charge < -0.3 is 0 Å². The highest BCUT2D eigenvalue weighted by atomic mass is 35.5. The highest BCUT2D eigenvalue weighted by molar-refractivity contribution is 6.39. The van der Waals surface area contributed by atoms with Crippen molar-refractivity contribution in [3.8, 4) is 0 Å². The largest absolute Gasteiger partial charge is 0.283 e. The number of rotatable bonds is 3. The van der Waals surface area contributed by atoms with Crippen LogP contribution in [0.2, 0.25) is 10.0 Å². The van der Waals surface area contributed by atoms with Crippen molar-refractivity contribution in [1.82, 2.24) is 0 Å². The Hall–Kier alpha value is -3.08. The maximum atomic E-state index is 13.3. The number of amides is 2. The summed E-state index contributed by atoms with van der Waals surface area (Å²) in [4.78, 5) is 26.5. The van der Waals surface area contributed by atoms with Crippen LogP contribution in [-0.4, -0.2) is 11.8 Å². The monoisotopic (exact) mass is 422 g/mol. The van der Waals surface area contributed by atoms with E-state index in [1.165, 1.54) is 16.1 Å². The minimum Gasteiger partial charge on any atom is -0.267 e. The number of hydrogen-bond donors (Lipinski definition) is 0. The molecule has 0 radical (unpaired) electrons. The first-order valence-corrected chi connectivity index (χ1v) is 9.69. The number of carbonyl (C=O) groups is 2. The van der Waals surface area contributed by atoms with Crippen LogP contribution in [0.5, 0.6) is 0 Å². The van der Waals surface area contributed by atoms with Gasteiger partial charge in [-0.2, -0.15) is 0 Å². The lowest BCUT2D eigenvalue weighted by Gasteiger charge is -2.27. The Labute approximate surface area is 178 Å². The molecule has 1 aliphatic heterocycles. The smallest absolute Gasteiger partial charge is 0.267 e. The van der Waals surface area contributed by atoms with Crippen molar-refractivity contribution in [3.63, 3.8) is 0 Å². The summed E-state index contributed by atoms with van der Waals surface area (Å²) in [7, 11) is 0. The third-order valence-electron chi connectivity index (χ3n) is 4.66. The first-order chi connectivity index (χ1) is 14.0. The highest BCUT2D eigenvalue weighted by Gasteiger charge is 2.42. The summed E-state index contributed by atoms with van der Waals surface area (Å²) in [6.07, 6.45) is 1.53. The van der Waals surface area contributed by atoms with Crippen LogP contribution in [-0.2, 0) is 9.59 Å². The molecule has 1 fully saturated rings. The van der Waals surface area contributed by atoms with E-state index in [1.807, 2.05) is 43.3 Å². The van der Waals surface area contributed by atoms with Crippen LogP contribution in [0, 0.1) is 6.92 Å². The maximum Gasteiger partial charge on any atom is 0.283 e. The number of benzene rings is 3. The van der Waals surface area contributed by atoms with E-state index in [0.29, 0.717) is 27.0 Å². The Bertz CT molecular complexity index is 1050. The van der Waals surface area contributed by atoms with Gasteiger partial charge in [0.15, 0.2) is 0 Å². The summed E-state index contributed by atoms with van der Waals surface area (Å²) in [5, 5.41) is 3.70. The van der Waals surface area contributed by atoms with Gasteiger partial charge in [0.25, 0.3) is 11.8 Å². The molecule has 0 aromatic heterocycles. The van der Waals surface area contributed by atoms with Gasteiger partial charge >= 0.3 is 0 Å². The van der Waals surface area contributed by atoms with Crippen molar-refractivity contribution < 1.29 is 9.59 Å². The summed E-state index contributed by atoms with van der Waals surface area (Å²) < 4.78 is 0. The third-order valence-corrected chi connectivity index (χ3v) is 5.45. The predicted octanol–water partition coefficient (Wildman–Crippen LogP) is 5.68. The van der Waals surface area contributed by atoms with Crippen LogP contribution in [0.4, 0.5) is 11.4 Å². The second-order valence-corrected chi connectivity index (χ2v) is 7.39. The molecule has 0 spiro atoms. The van der Waals surface area contributed by atoms with Gasteiger partial charge in [-0.25, -0.2) is 10.0 Å². The molecule has 0 saturated carbocycles. The predicted molar refractivity (Wildman–Crippen MR) is 117 cm³/mol. The van der Waals surface area contributed by atoms with Crippen LogP contribution in [0.3, 0.4) is 0 Å². The molecular weight excluding hydrogens is 407 g/mol. The van der Waals surface area contributed by atoms with Gasteiger partial charge in [0, 0.05) is 10.0 Å². The fourth-order valence-electron chi connectivity index (χ4n) is 3.14. The zero-order valence-electron chi connectivity index (χ0n) is 15.5. The van der Waals surface area contributed by atoms with Crippen LogP contribution in [0.1, 0.15) is 11.1 Å². The Morgan fingerprint density at radius 1 is 0.724 bits per heavy atom. The van der Waals surface area contributed by atoms with E-state index >= 15 is 0 Å². The summed E-state index contributed by atoms with van der Waals surface area (Å²) in [5.74, 6) is -0.837. The molecule has 4 rings (SSSR count). The van der Waals surface area contributed by atoms with Gasteiger partial charge in [0.05, 0.1) is 11.4 Å². The zero-order valence-corrected chi connectivity index (χ0v) is 17.0. The van der Waals surface area contributed by atoms with E-state index in [0.717, 1.165) is 5.56 Å². The Morgan fingerprint density at radius 3 is 1.55 bits per heavy atom. The van der Waals surface area contributed by atoms with Gasteiger partial charge in [0.2, 0.25) is 0 Å². The summed E-state index contributed by atoms with van der Waals surface area (Å²) in [6, 6.07) is 21.5. The number of nitrogens with zero attached hydrogens (tertiary/aromatic N) is 2. The zero-order chi connectivity index (χ0) is 20.5. The molecule has 2 amide bonds. The van der Waals surface area contributed by atoms with Crippen LogP contribution in [0.25, 0.3) is 6.08 Å². The average Bonchev–Trinajstić information content (AvgIpc) is 2.98. The molecular formula is C23H16Cl2N2O2. The Morgan fingerprint density at radius 2 is 1.14 bits per heavy atom. The van der Waals surface area contributed by atoms with Gasteiger partial charge in [-0.3, -0.25) is 9.59 Å². The quantitative estimate of drug-likeness (QED) is 0.402. The molecule has 1 aliphatic rings. The summed E-state index contributed by atoms with van der Waals surface area (Å²) >= 11 is 12.4. The van der Waals surface area contributed by atoms with Crippen molar-refractivity contribution in [3.05, 3.63) is 99.5 Å². The second kappa shape index (κ2) is 7.74. The first-order valence-electron chi connectivity index (χ1n) is 8.93. The van der Waals surface area contributed by atoms with E-state index in [1.54, 1.807) is 36.4 Å². The van der Waals surface area contributed by atoms with Crippen molar-refractivity contribution >= 4 is 52.5 Å². The summed E-state index contributed by atoms with van der Waals surface area (Å²) in [5.41, 5.74) is 2.56. The standard InChI is InChI=1S/C23H16Cl2N2O2/c1-15-20(24)13-16(14-21(15)25)12-19-22(28)26(17-8-4-2-5-9-17)27(23(19)29)18-10-6-3-7-11-18/h2-14H,1H3. The number of para-hydroxylation sites is 2. The summed E-state index contributed by atoms with van der Waals surface area (Å²) in [6.45, 7) is 1.81. The number of hydrogen-bond acceptors (Lipinski definition) is 2. The molecule has 4 nitrogen and oxygen atoms in total. The maximum absolute atomic E-state index is 13.3. The minimum absolute atomic E-state index is 0.0358. The number of carbonyl (C=O) groups excluding carboxylic acids is 2. The molecule has 6 heteroatoms. The molecule has 0 aliphatic carbocycles. The molecule has 1 heterocycles. The normalized spacial score (nSPS) is 14.0. The van der Waals surface area contributed by atoms with Crippen molar-refractivity contribution in [2.75, 3.05) is 10.0 Å². The van der Waals surface area contributed by atoms with Gasteiger partial charge in [-0.05, 0) is 60.5 Å².